The first-order valence-corrected chi connectivity index (χ1v) is 8.63. The van der Waals surface area contributed by atoms with E-state index in [9.17, 15) is 13.2 Å². The first kappa shape index (κ1) is 15.7. The summed E-state index contributed by atoms with van der Waals surface area (Å²) < 4.78 is 26.2. The molecule has 0 unspecified atom stereocenters. The lowest BCUT2D eigenvalue weighted by molar-refractivity contribution is 0.101. The average Bonchev–Trinajstić information content (AvgIpc) is 2.93. The molecule has 3 rings (SSSR count). The molecule has 118 valence electrons. The van der Waals surface area contributed by atoms with Gasteiger partial charge in [0.15, 0.2) is 5.78 Å². The number of fused-ring (bicyclic) bond motifs is 1. The Hall–Kier alpha value is -2.18. The average molecular weight is 349 g/mol. The topological polar surface area (TPSA) is 69.0 Å². The van der Waals surface area contributed by atoms with Crippen LogP contribution < -0.4 is 0 Å². The highest BCUT2D eigenvalue weighted by Gasteiger charge is 2.20. The van der Waals surface area contributed by atoms with Crippen LogP contribution in [0.5, 0.6) is 0 Å². The van der Waals surface area contributed by atoms with Crippen LogP contribution in [0, 0.1) is 6.92 Å². The van der Waals surface area contributed by atoms with Gasteiger partial charge in [0.1, 0.15) is 0 Å². The van der Waals surface area contributed by atoms with Crippen LogP contribution in [0.25, 0.3) is 10.9 Å². The molecule has 0 amide bonds. The molecule has 5 nitrogen and oxygen atoms in total. The summed E-state index contributed by atoms with van der Waals surface area (Å²) in [5, 5.41) is 4.71. The fourth-order valence-electron chi connectivity index (χ4n) is 2.25. The van der Waals surface area contributed by atoms with Crippen LogP contribution in [-0.2, 0) is 10.0 Å². The van der Waals surface area contributed by atoms with Crippen molar-refractivity contribution in [1.82, 2.24) is 9.19 Å². The highest BCUT2D eigenvalue weighted by Crippen LogP contribution is 2.28. The molecule has 2 aromatic carbocycles. The van der Waals surface area contributed by atoms with Gasteiger partial charge >= 0.3 is 0 Å². The van der Waals surface area contributed by atoms with Crippen LogP contribution in [0.2, 0.25) is 5.02 Å². The fraction of sp³-hybridized carbons (Fsp3) is 0.125. The largest absolute Gasteiger partial charge is 0.294 e. The van der Waals surface area contributed by atoms with Crippen molar-refractivity contribution in [2.75, 3.05) is 0 Å². The molecular weight excluding hydrogens is 336 g/mol. The van der Waals surface area contributed by atoms with Gasteiger partial charge in [-0.05, 0) is 38.1 Å². The number of rotatable bonds is 3. The predicted molar refractivity (Wildman–Crippen MR) is 88.5 cm³/mol. The third-order valence-electron chi connectivity index (χ3n) is 3.55. The van der Waals surface area contributed by atoms with E-state index in [2.05, 4.69) is 5.10 Å². The number of aryl methyl sites for hydroxylation is 1. The zero-order chi connectivity index (χ0) is 16.8. The molecule has 0 atom stereocenters. The first-order valence-electron chi connectivity index (χ1n) is 6.82. The van der Waals surface area contributed by atoms with Crippen molar-refractivity contribution in [3.8, 4) is 0 Å². The molecular formula is C16H13ClN2O3S. The molecule has 0 aliphatic heterocycles. The molecule has 0 fully saturated rings. The Bertz CT molecular complexity index is 1020. The van der Waals surface area contributed by atoms with Crippen molar-refractivity contribution >= 4 is 38.3 Å². The normalized spacial score (nSPS) is 11.8. The summed E-state index contributed by atoms with van der Waals surface area (Å²) in [5.41, 5.74) is 1.71. The lowest BCUT2D eigenvalue weighted by atomic mass is 10.1. The highest BCUT2D eigenvalue weighted by molar-refractivity contribution is 7.89. The summed E-state index contributed by atoms with van der Waals surface area (Å²) in [5.74, 6) is -0.189. The number of hydrogen-bond acceptors (Lipinski definition) is 4. The minimum absolute atomic E-state index is 0.138. The van der Waals surface area contributed by atoms with E-state index in [1.54, 1.807) is 24.3 Å². The molecule has 0 spiro atoms. The fourth-order valence-corrected chi connectivity index (χ4v) is 3.73. The second kappa shape index (κ2) is 5.47. The van der Waals surface area contributed by atoms with Gasteiger partial charge in [0.2, 0.25) is 0 Å². The second-order valence-corrected chi connectivity index (χ2v) is 7.41. The molecule has 0 aliphatic rings. The lowest BCUT2D eigenvalue weighted by Gasteiger charge is -2.04. The van der Waals surface area contributed by atoms with Gasteiger partial charge in [0.05, 0.1) is 21.6 Å². The van der Waals surface area contributed by atoms with Crippen LogP contribution in [0.1, 0.15) is 22.8 Å². The summed E-state index contributed by atoms with van der Waals surface area (Å²) in [6.07, 6.45) is 1.33. The quantitative estimate of drug-likeness (QED) is 0.680. The van der Waals surface area contributed by atoms with E-state index in [1.807, 2.05) is 6.92 Å². The van der Waals surface area contributed by atoms with Gasteiger partial charge in [-0.1, -0.05) is 29.3 Å². The van der Waals surface area contributed by atoms with Crippen LogP contribution in [-0.4, -0.2) is 23.4 Å². The number of halogens is 1. The Kier molecular flexibility index (Phi) is 3.74. The second-order valence-electron chi connectivity index (χ2n) is 5.24. The number of Topliss-reactive ketones (excluding diaryl/α,β-unsaturated/α-hetero) is 1. The standard InChI is InChI=1S/C16H13ClN2O3S/c1-10-3-5-12(6-4-10)23(21,22)19-9-14-15(18-19)8-7-13(11(2)20)16(14)17/h3-9H,1-2H3. The summed E-state index contributed by atoms with van der Waals surface area (Å²) in [6, 6.07) is 9.62. The molecule has 3 aromatic rings. The van der Waals surface area contributed by atoms with Crippen LogP contribution >= 0.6 is 11.6 Å². The maximum Gasteiger partial charge on any atom is 0.282 e. The summed E-state index contributed by atoms with van der Waals surface area (Å²) in [7, 11) is -3.81. The Morgan fingerprint density at radius 2 is 1.78 bits per heavy atom. The third kappa shape index (κ3) is 2.64. The van der Waals surface area contributed by atoms with Crippen molar-refractivity contribution in [3.05, 3.63) is 58.7 Å². The molecule has 0 saturated carbocycles. The van der Waals surface area contributed by atoms with E-state index in [0.29, 0.717) is 16.5 Å². The lowest BCUT2D eigenvalue weighted by Crippen LogP contribution is -2.13. The zero-order valence-corrected chi connectivity index (χ0v) is 14.0. The first-order chi connectivity index (χ1) is 10.8. The number of carbonyl (C=O) groups is 1. The van der Waals surface area contributed by atoms with E-state index in [0.717, 1.165) is 9.65 Å². The number of ketones is 1. The predicted octanol–water partition coefficient (Wildman–Crippen LogP) is 3.44. The maximum atomic E-state index is 12.6. The SMILES string of the molecule is CC(=O)c1ccc2nn(S(=O)(=O)c3ccc(C)cc3)cc2c1Cl. The van der Waals surface area contributed by atoms with Crippen molar-refractivity contribution in [3.63, 3.8) is 0 Å². The molecule has 1 heterocycles. The monoisotopic (exact) mass is 348 g/mol. The van der Waals surface area contributed by atoms with Gasteiger partial charge in [-0.15, -0.1) is 0 Å². The van der Waals surface area contributed by atoms with Gasteiger partial charge < -0.3 is 0 Å². The van der Waals surface area contributed by atoms with Crippen molar-refractivity contribution in [2.45, 2.75) is 18.7 Å². The van der Waals surface area contributed by atoms with Gasteiger partial charge in [0, 0.05) is 10.9 Å². The van der Waals surface area contributed by atoms with E-state index >= 15 is 0 Å². The van der Waals surface area contributed by atoms with Crippen molar-refractivity contribution in [1.29, 1.82) is 0 Å². The summed E-state index contributed by atoms with van der Waals surface area (Å²) >= 11 is 6.20. The maximum absolute atomic E-state index is 12.6. The van der Waals surface area contributed by atoms with Crippen molar-refractivity contribution in [2.24, 2.45) is 0 Å². The van der Waals surface area contributed by atoms with Crippen LogP contribution in [0.15, 0.2) is 47.5 Å². The Morgan fingerprint density at radius 3 is 2.39 bits per heavy atom. The Labute approximate surface area is 138 Å². The molecule has 0 aliphatic carbocycles. The number of hydrogen-bond donors (Lipinski definition) is 0. The van der Waals surface area contributed by atoms with Gasteiger partial charge in [-0.25, -0.2) is 0 Å². The number of nitrogens with zero attached hydrogens (tertiary/aromatic N) is 2. The summed E-state index contributed by atoms with van der Waals surface area (Å²) in [4.78, 5) is 11.7. The minimum Gasteiger partial charge on any atom is -0.294 e. The van der Waals surface area contributed by atoms with E-state index in [1.165, 1.54) is 25.3 Å². The number of carbonyl (C=O) groups excluding carboxylic acids is 1. The molecule has 0 N–H and O–H groups in total. The molecule has 0 saturated heterocycles. The van der Waals surface area contributed by atoms with Crippen molar-refractivity contribution < 1.29 is 13.2 Å². The molecule has 1 aromatic heterocycles. The zero-order valence-electron chi connectivity index (χ0n) is 12.4. The van der Waals surface area contributed by atoms with Gasteiger partial charge in [0.25, 0.3) is 10.0 Å². The van der Waals surface area contributed by atoms with Crippen LogP contribution in [0.3, 0.4) is 0 Å². The summed E-state index contributed by atoms with van der Waals surface area (Å²) in [6.45, 7) is 3.28. The van der Waals surface area contributed by atoms with E-state index < -0.39 is 10.0 Å². The van der Waals surface area contributed by atoms with E-state index in [4.69, 9.17) is 11.6 Å². The number of aromatic nitrogens is 2. The molecule has 23 heavy (non-hydrogen) atoms. The Morgan fingerprint density at radius 1 is 1.13 bits per heavy atom. The third-order valence-corrected chi connectivity index (χ3v) is 5.50. The smallest absolute Gasteiger partial charge is 0.282 e. The Balaban J connectivity index is 2.19. The molecule has 0 bridgehead atoms. The highest BCUT2D eigenvalue weighted by atomic mass is 35.5. The molecule has 7 heteroatoms. The van der Waals surface area contributed by atoms with Crippen LogP contribution in [0.4, 0.5) is 0 Å². The van der Waals surface area contributed by atoms with Gasteiger partial charge in [-0.2, -0.15) is 17.6 Å². The number of benzene rings is 2. The minimum atomic E-state index is -3.81. The van der Waals surface area contributed by atoms with Gasteiger partial charge in [-0.3, -0.25) is 4.79 Å². The molecule has 0 radical (unpaired) electrons. The van der Waals surface area contributed by atoms with E-state index in [-0.39, 0.29) is 15.7 Å².